The van der Waals surface area contributed by atoms with Crippen LogP contribution >= 0.6 is 0 Å². The van der Waals surface area contributed by atoms with Gasteiger partial charge in [-0.25, -0.2) is 0 Å². The molecule has 0 aromatic carbocycles. The summed E-state index contributed by atoms with van der Waals surface area (Å²) >= 11 is 0. The summed E-state index contributed by atoms with van der Waals surface area (Å²) in [5, 5.41) is 9.50. The molecule has 2 aliphatic rings. The zero-order chi connectivity index (χ0) is 11.1. The SMILES string of the molecule is CCCC(C)C1(C(=O)O)CC2CCC1O2. The maximum atomic E-state index is 11.5. The van der Waals surface area contributed by atoms with Gasteiger partial charge in [-0.3, -0.25) is 4.79 Å². The third-order valence-electron chi connectivity index (χ3n) is 4.25. The Morgan fingerprint density at radius 1 is 1.60 bits per heavy atom. The molecule has 2 rings (SSSR count). The molecule has 2 saturated heterocycles. The molecule has 15 heavy (non-hydrogen) atoms. The zero-order valence-corrected chi connectivity index (χ0v) is 9.53. The van der Waals surface area contributed by atoms with Crippen LogP contribution in [0.1, 0.15) is 46.0 Å². The van der Waals surface area contributed by atoms with Crippen molar-refractivity contribution in [1.82, 2.24) is 0 Å². The van der Waals surface area contributed by atoms with Crippen molar-refractivity contribution in [2.75, 3.05) is 0 Å². The average molecular weight is 212 g/mol. The average Bonchev–Trinajstić information content (AvgIpc) is 2.77. The van der Waals surface area contributed by atoms with Gasteiger partial charge in [-0.2, -0.15) is 0 Å². The first-order valence-electron chi connectivity index (χ1n) is 6.00. The fourth-order valence-corrected chi connectivity index (χ4v) is 3.39. The number of rotatable bonds is 4. The van der Waals surface area contributed by atoms with E-state index >= 15 is 0 Å². The second-order valence-electron chi connectivity index (χ2n) is 5.06. The number of hydrogen-bond donors (Lipinski definition) is 1. The molecule has 86 valence electrons. The molecule has 0 aromatic rings. The Morgan fingerprint density at radius 2 is 2.33 bits per heavy atom. The van der Waals surface area contributed by atoms with Gasteiger partial charge in [0, 0.05) is 0 Å². The van der Waals surface area contributed by atoms with Crippen molar-refractivity contribution >= 4 is 5.97 Å². The minimum absolute atomic E-state index is 0.0263. The van der Waals surface area contributed by atoms with Gasteiger partial charge in [0.2, 0.25) is 0 Å². The minimum atomic E-state index is -0.643. The van der Waals surface area contributed by atoms with Crippen molar-refractivity contribution in [3.8, 4) is 0 Å². The van der Waals surface area contributed by atoms with Crippen molar-refractivity contribution in [2.45, 2.75) is 58.2 Å². The van der Waals surface area contributed by atoms with Gasteiger partial charge in [0.25, 0.3) is 0 Å². The largest absolute Gasteiger partial charge is 0.481 e. The normalized spacial score (nSPS) is 40.7. The van der Waals surface area contributed by atoms with E-state index in [4.69, 9.17) is 4.74 Å². The Kier molecular flexibility index (Phi) is 2.75. The molecule has 1 N–H and O–H groups in total. The summed E-state index contributed by atoms with van der Waals surface area (Å²) in [6, 6.07) is 0. The molecule has 2 heterocycles. The van der Waals surface area contributed by atoms with E-state index < -0.39 is 11.4 Å². The number of carbonyl (C=O) groups is 1. The Morgan fingerprint density at radius 3 is 2.73 bits per heavy atom. The number of carboxylic acids is 1. The Labute approximate surface area is 90.8 Å². The molecule has 0 aromatic heterocycles. The van der Waals surface area contributed by atoms with Crippen LogP contribution in [0.15, 0.2) is 0 Å². The summed E-state index contributed by atoms with van der Waals surface area (Å²) in [4.78, 5) is 11.5. The van der Waals surface area contributed by atoms with E-state index in [1.165, 1.54) is 0 Å². The van der Waals surface area contributed by atoms with Crippen molar-refractivity contribution in [3.63, 3.8) is 0 Å². The molecule has 4 atom stereocenters. The van der Waals surface area contributed by atoms with Crippen molar-refractivity contribution in [1.29, 1.82) is 0 Å². The molecule has 4 unspecified atom stereocenters. The highest BCUT2D eigenvalue weighted by molar-refractivity contribution is 5.76. The molecule has 3 nitrogen and oxygen atoms in total. The molecular formula is C12H20O3. The van der Waals surface area contributed by atoms with Crippen LogP contribution in [-0.4, -0.2) is 23.3 Å². The van der Waals surface area contributed by atoms with Gasteiger partial charge in [0.05, 0.1) is 17.6 Å². The molecule has 0 saturated carbocycles. The first-order chi connectivity index (χ1) is 7.11. The highest BCUT2D eigenvalue weighted by atomic mass is 16.5. The van der Waals surface area contributed by atoms with Crippen molar-refractivity contribution in [3.05, 3.63) is 0 Å². The number of fused-ring (bicyclic) bond motifs is 2. The van der Waals surface area contributed by atoms with Gasteiger partial charge in [-0.05, 0) is 31.6 Å². The first-order valence-corrected chi connectivity index (χ1v) is 6.00. The lowest BCUT2D eigenvalue weighted by Gasteiger charge is -2.36. The molecule has 3 heteroatoms. The fourth-order valence-electron chi connectivity index (χ4n) is 3.39. The molecule has 0 spiro atoms. The van der Waals surface area contributed by atoms with Crippen LogP contribution in [-0.2, 0) is 9.53 Å². The lowest BCUT2D eigenvalue weighted by molar-refractivity contribution is -0.156. The number of carboxylic acid groups (broad SMARTS) is 1. The molecule has 0 aliphatic carbocycles. The van der Waals surface area contributed by atoms with Crippen LogP contribution in [0.2, 0.25) is 0 Å². The quantitative estimate of drug-likeness (QED) is 0.778. The molecule has 0 radical (unpaired) electrons. The van der Waals surface area contributed by atoms with E-state index in [1.54, 1.807) is 0 Å². The van der Waals surface area contributed by atoms with Crippen LogP contribution in [0.25, 0.3) is 0 Å². The van der Waals surface area contributed by atoms with E-state index in [9.17, 15) is 9.90 Å². The second-order valence-corrected chi connectivity index (χ2v) is 5.06. The van der Waals surface area contributed by atoms with E-state index in [1.807, 2.05) is 0 Å². The van der Waals surface area contributed by atoms with E-state index in [0.717, 1.165) is 32.1 Å². The van der Waals surface area contributed by atoms with Crippen molar-refractivity contribution in [2.24, 2.45) is 11.3 Å². The lowest BCUT2D eigenvalue weighted by Crippen LogP contribution is -2.45. The standard InChI is InChI=1S/C12H20O3/c1-3-4-8(2)12(11(13)14)7-9-5-6-10(12)15-9/h8-10H,3-7H2,1-2H3,(H,13,14). The summed E-state index contributed by atoms with van der Waals surface area (Å²) in [5.74, 6) is -0.411. The van der Waals surface area contributed by atoms with Gasteiger partial charge in [-0.15, -0.1) is 0 Å². The lowest BCUT2D eigenvalue weighted by atomic mass is 9.65. The van der Waals surface area contributed by atoms with Crippen LogP contribution in [0.4, 0.5) is 0 Å². The molecular weight excluding hydrogens is 192 g/mol. The van der Waals surface area contributed by atoms with Crippen LogP contribution < -0.4 is 0 Å². The highest BCUT2D eigenvalue weighted by Crippen LogP contribution is 2.53. The summed E-state index contributed by atoms with van der Waals surface area (Å²) < 4.78 is 5.74. The van der Waals surface area contributed by atoms with Gasteiger partial charge < -0.3 is 9.84 Å². The fraction of sp³-hybridized carbons (Fsp3) is 0.917. The van der Waals surface area contributed by atoms with E-state index in [-0.39, 0.29) is 18.1 Å². The number of aliphatic carboxylic acids is 1. The van der Waals surface area contributed by atoms with Gasteiger partial charge >= 0.3 is 5.97 Å². The summed E-state index contributed by atoms with van der Waals surface area (Å²) in [7, 11) is 0. The predicted molar refractivity (Wildman–Crippen MR) is 56.7 cm³/mol. The van der Waals surface area contributed by atoms with Crippen LogP contribution in [0.3, 0.4) is 0 Å². The Hall–Kier alpha value is -0.570. The van der Waals surface area contributed by atoms with Crippen LogP contribution in [0.5, 0.6) is 0 Å². The monoisotopic (exact) mass is 212 g/mol. The molecule has 0 amide bonds. The molecule has 2 fully saturated rings. The maximum absolute atomic E-state index is 11.5. The molecule has 2 bridgehead atoms. The summed E-state index contributed by atoms with van der Waals surface area (Å²) in [6.45, 7) is 4.18. The van der Waals surface area contributed by atoms with Crippen LogP contribution in [0, 0.1) is 11.3 Å². The van der Waals surface area contributed by atoms with E-state index in [0.29, 0.717) is 0 Å². The van der Waals surface area contributed by atoms with Gasteiger partial charge in [-0.1, -0.05) is 20.3 Å². The third kappa shape index (κ3) is 1.48. The first kappa shape index (κ1) is 10.9. The topological polar surface area (TPSA) is 46.5 Å². The van der Waals surface area contributed by atoms with Gasteiger partial charge in [0.15, 0.2) is 0 Å². The number of hydrogen-bond acceptors (Lipinski definition) is 2. The minimum Gasteiger partial charge on any atom is -0.481 e. The molecule has 2 aliphatic heterocycles. The smallest absolute Gasteiger partial charge is 0.312 e. The highest BCUT2D eigenvalue weighted by Gasteiger charge is 2.59. The third-order valence-corrected chi connectivity index (χ3v) is 4.25. The number of ether oxygens (including phenoxy) is 1. The predicted octanol–water partition coefficient (Wildman–Crippen LogP) is 2.44. The Balaban J connectivity index is 2.22. The van der Waals surface area contributed by atoms with Gasteiger partial charge in [0.1, 0.15) is 0 Å². The van der Waals surface area contributed by atoms with E-state index in [2.05, 4.69) is 13.8 Å². The summed E-state index contributed by atoms with van der Waals surface area (Å²) in [5.41, 5.74) is -0.584. The maximum Gasteiger partial charge on any atom is 0.312 e. The zero-order valence-electron chi connectivity index (χ0n) is 9.53. The Bertz CT molecular complexity index is 264. The second kappa shape index (κ2) is 3.78. The summed E-state index contributed by atoms with van der Waals surface area (Å²) in [6.07, 6.45) is 4.94. The van der Waals surface area contributed by atoms with Crippen molar-refractivity contribution < 1.29 is 14.6 Å².